The van der Waals surface area contributed by atoms with Crippen LogP contribution >= 0.6 is 0 Å². The van der Waals surface area contributed by atoms with Gasteiger partial charge in [0.25, 0.3) is 5.56 Å². The average molecular weight is 488 g/mol. The lowest BCUT2D eigenvalue weighted by molar-refractivity contribution is -0.144. The zero-order chi connectivity index (χ0) is 24.6. The maximum absolute atomic E-state index is 13.5. The molecular weight excluding hydrogens is 465 g/mol. The number of nitrogens with zero attached hydrogens (tertiary/aromatic N) is 4. The number of halogens is 3. The smallest absolute Gasteiger partial charge is 0.369 e. The summed E-state index contributed by atoms with van der Waals surface area (Å²) in [4.78, 5) is 25.8. The molecule has 0 spiro atoms. The molecular formula is C19H23F3N6O4S. The Kier molecular flexibility index (Phi) is 6.81. The van der Waals surface area contributed by atoms with E-state index in [0.717, 1.165) is 6.07 Å². The lowest BCUT2D eigenvalue weighted by Gasteiger charge is -2.14. The van der Waals surface area contributed by atoms with Crippen LogP contribution in [0.3, 0.4) is 0 Å². The van der Waals surface area contributed by atoms with Crippen molar-refractivity contribution in [2.45, 2.75) is 31.5 Å². The van der Waals surface area contributed by atoms with E-state index in [2.05, 4.69) is 20.8 Å². The minimum absolute atomic E-state index is 0.0438. The van der Waals surface area contributed by atoms with E-state index < -0.39 is 27.3 Å². The average Bonchev–Trinajstić information content (AvgIpc) is 3.09. The molecule has 0 saturated heterocycles. The van der Waals surface area contributed by atoms with Gasteiger partial charge in [0.15, 0.2) is 15.7 Å². The van der Waals surface area contributed by atoms with E-state index >= 15 is 0 Å². The zero-order valence-corrected chi connectivity index (χ0v) is 19.1. The van der Waals surface area contributed by atoms with Crippen LogP contribution in [0, 0.1) is 0 Å². The first-order valence-corrected chi connectivity index (χ1v) is 11.5. The van der Waals surface area contributed by atoms with E-state index in [1.165, 1.54) is 44.8 Å². The largest absolute Gasteiger partial charge is 0.431 e. The molecule has 0 atom stereocenters. The predicted octanol–water partition coefficient (Wildman–Crippen LogP) is 2.15. The molecule has 3 aromatic rings. The highest BCUT2D eigenvalue weighted by atomic mass is 32.2. The molecule has 0 fully saturated rings. The normalized spacial score (nSPS) is 12.5. The Hall–Kier alpha value is -2.97. The summed E-state index contributed by atoms with van der Waals surface area (Å²) in [6.45, 7) is 2.84. The Morgan fingerprint density at radius 2 is 1.91 bits per heavy atom. The summed E-state index contributed by atoms with van der Waals surface area (Å²) in [7, 11) is -0.966. The van der Waals surface area contributed by atoms with E-state index in [1.807, 2.05) is 0 Å². The van der Waals surface area contributed by atoms with Gasteiger partial charge in [-0.15, -0.1) is 0 Å². The lowest BCUT2D eigenvalue weighted by Crippen LogP contribution is -2.28. The van der Waals surface area contributed by atoms with Crippen LogP contribution in [0.5, 0.6) is 0 Å². The summed E-state index contributed by atoms with van der Waals surface area (Å²) in [6.07, 6.45) is -3.41. The molecule has 14 heteroatoms. The molecule has 33 heavy (non-hydrogen) atoms. The molecule has 2 N–H and O–H groups in total. The van der Waals surface area contributed by atoms with Crippen molar-refractivity contribution in [1.29, 1.82) is 0 Å². The van der Waals surface area contributed by atoms with Crippen molar-refractivity contribution < 1.29 is 26.4 Å². The number of hydrogen-bond acceptors (Lipinski definition) is 8. The van der Waals surface area contributed by atoms with Gasteiger partial charge in [-0.25, -0.2) is 18.4 Å². The number of sulfone groups is 1. The molecule has 3 heterocycles. The van der Waals surface area contributed by atoms with Gasteiger partial charge in [0.05, 0.1) is 41.8 Å². The molecule has 0 aliphatic carbocycles. The van der Waals surface area contributed by atoms with Gasteiger partial charge in [0.2, 0.25) is 0 Å². The van der Waals surface area contributed by atoms with Gasteiger partial charge in [-0.3, -0.25) is 4.79 Å². The number of aromatic nitrogens is 4. The van der Waals surface area contributed by atoms with Crippen LogP contribution in [0.25, 0.3) is 22.6 Å². The first-order chi connectivity index (χ1) is 15.5. The Morgan fingerprint density at radius 1 is 1.21 bits per heavy atom. The molecule has 0 radical (unpaired) electrons. The summed E-state index contributed by atoms with van der Waals surface area (Å²) in [5.74, 6) is -0.288. The number of hydrogen-bond donors (Lipinski definition) is 2. The monoisotopic (exact) mass is 488 g/mol. The minimum atomic E-state index is -4.76. The fraction of sp³-hybridized carbons (Fsp3) is 0.421. The first kappa shape index (κ1) is 24.7. The number of aryl methyl sites for hydroxylation is 1. The second-order valence-corrected chi connectivity index (χ2v) is 9.23. The topological polar surface area (TPSA) is 120 Å². The summed E-state index contributed by atoms with van der Waals surface area (Å²) in [5.41, 5.74) is 0.523. The molecule has 180 valence electrons. The molecule has 10 nitrogen and oxygen atoms in total. The number of pyridine rings is 2. The van der Waals surface area contributed by atoms with Crippen molar-refractivity contribution in [3.63, 3.8) is 0 Å². The van der Waals surface area contributed by atoms with E-state index in [0.29, 0.717) is 10.3 Å². The van der Waals surface area contributed by atoms with Crippen molar-refractivity contribution in [1.82, 2.24) is 24.6 Å². The van der Waals surface area contributed by atoms with Crippen molar-refractivity contribution in [2.24, 2.45) is 7.05 Å². The van der Waals surface area contributed by atoms with Crippen LogP contribution in [0.15, 0.2) is 28.0 Å². The summed E-state index contributed by atoms with van der Waals surface area (Å²) < 4.78 is 68.0. The number of nitrogens with one attached hydrogen (secondary N) is 2. The molecule has 3 aromatic heterocycles. The predicted molar refractivity (Wildman–Crippen MR) is 115 cm³/mol. The second kappa shape index (κ2) is 9.11. The Balaban J connectivity index is 2.29. The Labute approximate surface area is 187 Å². The number of imidazole rings is 1. The highest BCUT2D eigenvalue weighted by Crippen LogP contribution is 2.33. The first-order valence-electron chi connectivity index (χ1n) is 9.86. The molecule has 0 aromatic carbocycles. The van der Waals surface area contributed by atoms with Crippen LogP contribution in [0.2, 0.25) is 0 Å². The van der Waals surface area contributed by atoms with Crippen LogP contribution in [-0.2, 0) is 34.4 Å². The molecule has 0 saturated carbocycles. The number of alkyl halides is 3. The maximum atomic E-state index is 13.5. The Bertz CT molecular complexity index is 1350. The molecule has 0 bridgehead atoms. The van der Waals surface area contributed by atoms with Crippen molar-refractivity contribution in [2.75, 3.05) is 24.8 Å². The third-order valence-electron chi connectivity index (χ3n) is 5.03. The number of rotatable bonds is 8. The van der Waals surface area contributed by atoms with E-state index in [9.17, 15) is 26.4 Å². The van der Waals surface area contributed by atoms with Gasteiger partial charge in [-0.05, 0) is 19.1 Å². The lowest BCUT2D eigenvalue weighted by atomic mass is 10.3. The fourth-order valence-electron chi connectivity index (χ4n) is 3.39. The Morgan fingerprint density at radius 3 is 2.48 bits per heavy atom. The van der Waals surface area contributed by atoms with Crippen LogP contribution in [0.1, 0.15) is 19.5 Å². The highest BCUT2D eigenvalue weighted by Gasteiger charge is 2.36. The van der Waals surface area contributed by atoms with Crippen LogP contribution < -0.4 is 16.4 Å². The zero-order valence-electron chi connectivity index (χ0n) is 18.3. The molecule has 3 rings (SSSR count). The van der Waals surface area contributed by atoms with Crippen molar-refractivity contribution >= 4 is 26.6 Å². The molecule has 0 unspecified atom stereocenters. The molecule has 0 aliphatic rings. The van der Waals surface area contributed by atoms with Crippen molar-refractivity contribution in [3.05, 3.63) is 34.4 Å². The second-order valence-electron chi connectivity index (χ2n) is 6.98. The molecule has 0 amide bonds. The standard InChI is InChI=1S/C19H23F3N6O4S/c1-5-28-14(19(20,21)22)8-12-16(18(28)29)27(3)17(26-12)15-13(33(30,31)6-2)7-11(9-23-15)24-10-25-32-4/h7-9,24-25H,5-6,10H2,1-4H3. The number of hydroxylamine groups is 1. The maximum Gasteiger partial charge on any atom is 0.431 e. The van der Waals surface area contributed by atoms with Crippen LogP contribution in [0.4, 0.5) is 18.9 Å². The van der Waals surface area contributed by atoms with E-state index in [-0.39, 0.29) is 46.4 Å². The summed E-state index contributed by atoms with van der Waals surface area (Å²) in [5, 5.41) is 2.88. The van der Waals surface area contributed by atoms with Crippen LogP contribution in [-0.4, -0.2) is 47.1 Å². The SMILES string of the molecule is CCn1c(C(F)(F)F)cc2nc(-c3ncc(NCNOC)cc3S(=O)(=O)CC)n(C)c2c1=O. The minimum Gasteiger partial charge on any atom is -0.369 e. The van der Waals surface area contributed by atoms with Crippen molar-refractivity contribution in [3.8, 4) is 11.5 Å². The van der Waals surface area contributed by atoms with Gasteiger partial charge in [-0.1, -0.05) is 6.92 Å². The number of anilines is 1. The summed E-state index contributed by atoms with van der Waals surface area (Å²) in [6, 6.07) is 2.13. The summed E-state index contributed by atoms with van der Waals surface area (Å²) >= 11 is 0. The quantitative estimate of drug-likeness (QED) is 0.281. The van der Waals surface area contributed by atoms with Gasteiger partial charge >= 0.3 is 6.18 Å². The highest BCUT2D eigenvalue weighted by molar-refractivity contribution is 7.91. The van der Waals surface area contributed by atoms with Gasteiger partial charge in [0, 0.05) is 13.6 Å². The third-order valence-corrected chi connectivity index (χ3v) is 6.77. The van der Waals surface area contributed by atoms with E-state index in [1.54, 1.807) is 0 Å². The van der Waals surface area contributed by atoms with Gasteiger partial charge in [-0.2, -0.15) is 18.7 Å². The van der Waals surface area contributed by atoms with E-state index in [4.69, 9.17) is 4.84 Å². The third kappa shape index (κ3) is 4.58. The van der Waals surface area contributed by atoms with Gasteiger partial charge in [0.1, 0.15) is 16.9 Å². The molecule has 0 aliphatic heterocycles. The van der Waals surface area contributed by atoms with Gasteiger partial charge < -0.3 is 19.3 Å². The fourth-order valence-corrected chi connectivity index (χ4v) is 4.45. The number of fused-ring (bicyclic) bond motifs is 1.